The molecule has 0 heterocycles. The zero-order chi connectivity index (χ0) is 24.3. The first-order chi connectivity index (χ1) is 14.3. The molecule has 0 bridgehead atoms. The number of nitrogens with one attached hydrogen (secondary N) is 3. The predicted molar refractivity (Wildman–Crippen MR) is 108 cm³/mol. The van der Waals surface area contributed by atoms with Gasteiger partial charge in [0.25, 0.3) is 0 Å². The lowest BCUT2D eigenvalue weighted by Crippen LogP contribution is -2.60. The first kappa shape index (κ1) is 28.2. The molecule has 13 heteroatoms. The van der Waals surface area contributed by atoms with Crippen molar-refractivity contribution in [3.05, 3.63) is 0 Å². The second kappa shape index (κ2) is 13.5. The quantitative estimate of drug-likeness (QED) is 0.132. The maximum atomic E-state index is 12.4. The molecule has 0 fully saturated rings. The van der Waals surface area contributed by atoms with Crippen molar-refractivity contribution >= 4 is 29.6 Å². The summed E-state index contributed by atoms with van der Waals surface area (Å²) in [6.07, 6.45) is -1.71. The van der Waals surface area contributed by atoms with E-state index in [1.807, 2.05) is 13.8 Å². The van der Waals surface area contributed by atoms with Gasteiger partial charge in [0.05, 0.1) is 18.8 Å². The van der Waals surface area contributed by atoms with E-state index < -0.39 is 66.5 Å². The molecule has 0 aliphatic heterocycles. The zero-order valence-electron chi connectivity index (χ0n) is 17.8. The highest BCUT2D eigenvalue weighted by Gasteiger charge is 2.32. The lowest BCUT2D eigenvalue weighted by molar-refractivity contribution is -0.143. The van der Waals surface area contributed by atoms with Crippen LogP contribution >= 0.6 is 0 Å². The number of amides is 4. The highest BCUT2D eigenvalue weighted by atomic mass is 16.4. The molecule has 0 unspecified atom stereocenters. The number of hydrogen-bond acceptors (Lipinski definition) is 8. The molecule has 4 amide bonds. The molecule has 0 spiro atoms. The fourth-order valence-electron chi connectivity index (χ4n) is 2.55. The van der Waals surface area contributed by atoms with Crippen LogP contribution in [0.4, 0.5) is 0 Å². The summed E-state index contributed by atoms with van der Waals surface area (Å²) in [5.74, 6) is -4.80. The first-order valence-corrected chi connectivity index (χ1v) is 9.76. The number of primary amides is 1. The Kier molecular flexibility index (Phi) is 12.3. The molecule has 0 aliphatic carbocycles. The Morgan fingerprint density at radius 2 is 1.45 bits per heavy atom. The third-order valence-corrected chi connectivity index (χ3v) is 4.23. The molecule has 10 N–H and O–H groups in total. The Hall–Kier alpha value is -2.77. The Morgan fingerprint density at radius 3 is 1.87 bits per heavy atom. The van der Waals surface area contributed by atoms with Gasteiger partial charge in [-0.3, -0.25) is 19.2 Å². The summed E-state index contributed by atoms with van der Waals surface area (Å²) in [6.45, 7) is 4.07. The summed E-state index contributed by atoms with van der Waals surface area (Å²) in [5, 5.41) is 35.0. The Labute approximate surface area is 179 Å². The second-order valence-corrected chi connectivity index (χ2v) is 7.61. The van der Waals surface area contributed by atoms with Crippen molar-refractivity contribution in [2.45, 2.75) is 70.3 Å². The van der Waals surface area contributed by atoms with Crippen molar-refractivity contribution in [2.24, 2.45) is 17.4 Å². The van der Waals surface area contributed by atoms with Crippen LogP contribution in [0.3, 0.4) is 0 Å². The lowest BCUT2D eigenvalue weighted by Gasteiger charge is -2.26. The third kappa shape index (κ3) is 10.7. The standard InChI is InChI=1S/C18H33N5O8/c1-8(2)6-10(19)15(27)22-12(7-24)16(28)23-14(9(3)25)17(29)21-11(18(30)31)4-5-13(20)26/h8-12,14,24-25H,4-7,19H2,1-3H3,(H2,20,26)(H,21,29)(H,22,27)(H,23,28)(H,30,31)/t9-,10+,11+,12+,14+/m1/s1. The zero-order valence-corrected chi connectivity index (χ0v) is 17.8. The number of aliphatic hydroxyl groups is 2. The molecule has 0 aromatic carbocycles. The van der Waals surface area contributed by atoms with E-state index >= 15 is 0 Å². The van der Waals surface area contributed by atoms with Crippen molar-refractivity contribution in [2.75, 3.05) is 6.61 Å². The van der Waals surface area contributed by atoms with Crippen LogP contribution in [-0.2, 0) is 24.0 Å². The second-order valence-electron chi connectivity index (χ2n) is 7.61. The summed E-state index contributed by atoms with van der Waals surface area (Å²) in [4.78, 5) is 59.0. The lowest BCUT2D eigenvalue weighted by atomic mass is 10.0. The topological polar surface area (TPSA) is 234 Å². The fraction of sp³-hybridized carbons (Fsp3) is 0.722. The minimum absolute atomic E-state index is 0.113. The number of aliphatic hydroxyl groups excluding tert-OH is 2. The van der Waals surface area contributed by atoms with Gasteiger partial charge in [0, 0.05) is 6.42 Å². The number of carbonyl (C=O) groups excluding carboxylic acids is 4. The summed E-state index contributed by atoms with van der Waals surface area (Å²) in [7, 11) is 0. The van der Waals surface area contributed by atoms with Crippen molar-refractivity contribution < 1.29 is 39.3 Å². The molecule has 31 heavy (non-hydrogen) atoms. The van der Waals surface area contributed by atoms with Crippen LogP contribution in [0.1, 0.15) is 40.0 Å². The molecule has 0 saturated carbocycles. The average molecular weight is 447 g/mol. The number of carboxylic acids is 1. The van der Waals surface area contributed by atoms with Gasteiger partial charge in [-0.2, -0.15) is 0 Å². The summed E-state index contributed by atoms with van der Waals surface area (Å²) >= 11 is 0. The van der Waals surface area contributed by atoms with E-state index in [0.717, 1.165) is 0 Å². The van der Waals surface area contributed by atoms with Crippen LogP contribution in [0.5, 0.6) is 0 Å². The van der Waals surface area contributed by atoms with Crippen LogP contribution in [0.25, 0.3) is 0 Å². The van der Waals surface area contributed by atoms with E-state index in [1.165, 1.54) is 6.92 Å². The molecule has 0 radical (unpaired) electrons. The van der Waals surface area contributed by atoms with Gasteiger partial charge < -0.3 is 42.7 Å². The first-order valence-electron chi connectivity index (χ1n) is 9.76. The van der Waals surface area contributed by atoms with Gasteiger partial charge in [0.15, 0.2) is 0 Å². The van der Waals surface area contributed by atoms with Gasteiger partial charge in [-0.15, -0.1) is 0 Å². The summed E-state index contributed by atoms with van der Waals surface area (Å²) in [6, 6.07) is -5.46. The number of hydrogen-bond donors (Lipinski definition) is 8. The third-order valence-electron chi connectivity index (χ3n) is 4.23. The van der Waals surface area contributed by atoms with Crippen molar-refractivity contribution in [3.63, 3.8) is 0 Å². The maximum Gasteiger partial charge on any atom is 0.326 e. The van der Waals surface area contributed by atoms with E-state index in [0.29, 0.717) is 6.42 Å². The van der Waals surface area contributed by atoms with E-state index in [-0.39, 0.29) is 18.8 Å². The van der Waals surface area contributed by atoms with Gasteiger partial charge >= 0.3 is 5.97 Å². The van der Waals surface area contributed by atoms with Gasteiger partial charge in [0.1, 0.15) is 18.1 Å². The van der Waals surface area contributed by atoms with E-state index in [4.69, 9.17) is 16.6 Å². The molecular weight excluding hydrogens is 414 g/mol. The van der Waals surface area contributed by atoms with Crippen molar-refractivity contribution in [1.29, 1.82) is 0 Å². The van der Waals surface area contributed by atoms with Crippen molar-refractivity contribution in [3.8, 4) is 0 Å². The molecule has 0 saturated heterocycles. The minimum Gasteiger partial charge on any atom is -0.480 e. The number of aliphatic carboxylic acids is 1. The maximum absolute atomic E-state index is 12.4. The van der Waals surface area contributed by atoms with Crippen LogP contribution in [-0.4, -0.2) is 81.8 Å². The Balaban J connectivity index is 5.17. The molecule has 0 rings (SSSR count). The van der Waals surface area contributed by atoms with E-state index in [2.05, 4.69) is 16.0 Å². The molecular formula is C18H33N5O8. The van der Waals surface area contributed by atoms with Crippen LogP contribution in [0.15, 0.2) is 0 Å². The number of nitrogens with two attached hydrogens (primary N) is 2. The number of rotatable bonds is 14. The Bertz CT molecular complexity index is 655. The molecule has 0 aliphatic rings. The molecule has 0 aromatic heterocycles. The molecule has 0 aromatic rings. The van der Waals surface area contributed by atoms with Gasteiger partial charge in [-0.25, -0.2) is 4.79 Å². The van der Waals surface area contributed by atoms with E-state index in [1.54, 1.807) is 0 Å². The smallest absolute Gasteiger partial charge is 0.326 e. The molecule has 178 valence electrons. The average Bonchev–Trinajstić information content (AvgIpc) is 2.65. The predicted octanol–water partition coefficient (Wildman–Crippen LogP) is -3.46. The monoisotopic (exact) mass is 447 g/mol. The van der Waals surface area contributed by atoms with Gasteiger partial charge in [0.2, 0.25) is 23.6 Å². The van der Waals surface area contributed by atoms with E-state index in [9.17, 15) is 34.2 Å². The normalized spacial score (nSPS) is 15.8. The summed E-state index contributed by atoms with van der Waals surface area (Å²) < 4.78 is 0. The molecule has 5 atom stereocenters. The number of carboxylic acid groups (broad SMARTS) is 1. The largest absolute Gasteiger partial charge is 0.480 e. The molecule has 13 nitrogen and oxygen atoms in total. The SMILES string of the molecule is CC(C)C[C@H](N)C(=O)N[C@@H](CO)C(=O)N[C@H](C(=O)N[C@@H](CCC(N)=O)C(=O)O)[C@@H](C)O. The van der Waals surface area contributed by atoms with Gasteiger partial charge in [-0.05, 0) is 25.7 Å². The highest BCUT2D eigenvalue weighted by Crippen LogP contribution is 2.04. The highest BCUT2D eigenvalue weighted by molar-refractivity contribution is 5.94. The Morgan fingerprint density at radius 1 is 0.903 bits per heavy atom. The minimum atomic E-state index is -1.60. The summed E-state index contributed by atoms with van der Waals surface area (Å²) in [5.41, 5.74) is 10.7. The van der Waals surface area contributed by atoms with Gasteiger partial charge in [-0.1, -0.05) is 13.8 Å². The van der Waals surface area contributed by atoms with Crippen LogP contribution in [0, 0.1) is 5.92 Å². The van der Waals surface area contributed by atoms with Crippen LogP contribution in [0.2, 0.25) is 0 Å². The van der Waals surface area contributed by atoms with Crippen LogP contribution < -0.4 is 27.4 Å². The van der Waals surface area contributed by atoms with Crippen molar-refractivity contribution in [1.82, 2.24) is 16.0 Å². The fourth-order valence-corrected chi connectivity index (χ4v) is 2.55. The number of carbonyl (C=O) groups is 5.